The molecule has 0 radical (unpaired) electrons. The predicted octanol–water partition coefficient (Wildman–Crippen LogP) is 1.60. The van der Waals surface area contributed by atoms with Crippen LogP contribution in [-0.2, 0) is 4.74 Å². The minimum Gasteiger partial charge on any atom is -0.486 e. The summed E-state index contributed by atoms with van der Waals surface area (Å²) in [5, 5.41) is 0. The smallest absolute Gasteiger partial charge is 0.145 e. The number of rotatable bonds is 2. The van der Waals surface area contributed by atoms with Crippen LogP contribution in [0.2, 0.25) is 0 Å². The van der Waals surface area contributed by atoms with Crippen LogP contribution in [0.3, 0.4) is 0 Å². The molecule has 0 aliphatic carbocycles. The maximum atomic E-state index is 12.4. The zero-order valence-corrected chi connectivity index (χ0v) is 6.50. The minimum atomic E-state index is -0.243. The Kier molecular flexibility index (Phi) is 1.96. The molecule has 1 aliphatic heterocycles. The lowest BCUT2D eigenvalue weighted by atomic mass is 10.3. The van der Waals surface area contributed by atoms with Crippen LogP contribution in [0.1, 0.15) is 0 Å². The van der Waals surface area contributed by atoms with Crippen molar-refractivity contribution in [1.82, 2.24) is 0 Å². The van der Waals surface area contributed by atoms with Crippen LogP contribution in [0.4, 0.5) is 4.39 Å². The number of hydrogen-bond donors (Lipinski definition) is 0. The van der Waals surface area contributed by atoms with Gasteiger partial charge >= 0.3 is 0 Å². The van der Waals surface area contributed by atoms with Gasteiger partial charge in [-0.1, -0.05) is 0 Å². The van der Waals surface area contributed by atoms with Crippen LogP contribution in [-0.4, -0.2) is 19.3 Å². The van der Waals surface area contributed by atoms with E-state index in [1.54, 1.807) is 12.1 Å². The first-order chi connectivity index (χ1) is 5.84. The Hall–Kier alpha value is -1.09. The molecule has 0 saturated carbocycles. The molecule has 12 heavy (non-hydrogen) atoms. The van der Waals surface area contributed by atoms with E-state index in [1.807, 2.05) is 0 Å². The van der Waals surface area contributed by atoms with Gasteiger partial charge in [-0.25, -0.2) is 4.39 Å². The summed E-state index contributed by atoms with van der Waals surface area (Å²) >= 11 is 0. The quantitative estimate of drug-likeness (QED) is 0.667. The van der Waals surface area contributed by atoms with E-state index in [0.29, 0.717) is 19.0 Å². The van der Waals surface area contributed by atoms with E-state index in [4.69, 9.17) is 9.47 Å². The van der Waals surface area contributed by atoms with E-state index < -0.39 is 0 Å². The Bertz CT molecular complexity index is 254. The third-order valence-electron chi connectivity index (χ3n) is 1.72. The third kappa shape index (κ3) is 1.56. The van der Waals surface area contributed by atoms with Crippen molar-refractivity contribution in [2.45, 2.75) is 6.10 Å². The Morgan fingerprint density at radius 3 is 2.42 bits per heavy atom. The SMILES string of the molecule is Fc1ccc(OC2COC2)cc1. The number of hydrogen-bond acceptors (Lipinski definition) is 2. The van der Waals surface area contributed by atoms with Crippen molar-refractivity contribution in [2.75, 3.05) is 13.2 Å². The number of benzene rings is 1. The highest BCUT2D eigenvalue weighted by molar-refractivity contribution is 5.22. The lowest BCUT2D eigenvalue weighted by Crippen LogP contribution is -2.38. The maximum Gasteiger partial charge on any atom is 0.145 e. The van der Waals surface area contributed by atoms with E-state index in [-0.39, 0.29) is 11.9 Å². The standard InChI is InChI=1S/C9H9FO2/c10-7-1-3-8(4-2-7)12-9-5-11-6-9/h1-4,9H,5-6H2. The molecule has 0 aromatic heterocycles. The molecular weight excluding hydrogens is 159 g/mol. The van der Waals surface area contributed by atoms with Gasteiger partial charge in [0, 0.05) is 0 Å². The van der Waals surface area contributed by atoms with Crippen LogP contribution in [0.15, 0.2) is 24.3 Å². The molecule has 1 aliphatic rings. The van der Waals surface area contributed by atoms with E-state index >= 15 is 0 Å². The van der Waals surface area contributed by atoms with Gasteiger partial charge in [-0.2, -0.15) is 0 Å². The van der Waals surface area contributed by atoms with Gasteiger partial charge in [0.05, 0.1) is 13.2 Å². The van der Waals surface area contributed by atoms with Crippen molar-refractivity contribution in [2.24, 2.45) is 0 Å². The average molecular weight is 168 g/mol. The molecule has 1 aromatic rings. The van der Waals surface area contributed by atoms with E-state index in [1.165, 1.54) is 12.1 Å². The van der Waals surface area contributed by atoms with Gasteiger partial charge in [-0.3, -0.25) is 0 Å². The second-order valence-electron chi connectivity index (χ2n) is 2.73. The van der Waals surface area contributed by atoms with Crippen LogP contribution in [0, 0.1) is 5.82 Å². The van der Waals surface area contributed by atoms with Crippen LogP contribution in [0.25, 0.3) is 0 Å². The Balaban J connectivity index is 1.98. The van der Waals surface area contributed by atoms with Gasteiger partial charge < -0.3 is 9.47 Å². The van der Waals surface area contributed by atoms with Crippen LogP contribution >= 0.6 is 0 Å². The van der Waals surface area contributed by atoms with Crippen molar-refractivity contribution in [1.29, 1.82) is 0 Å². The molecule has 0 N–H and O–H groups in total. The van der Waals surface area contributed by atoms with Crippen molar-refractivity contribution < 1.29 is 13.9 Å². The van der Waals surface area contributed by atoms with Crippen molar-refractivity contribution in [3.05, 3.63) is 30.1 Å². The molecule has 1 saturated heterocycles. The lowest BCUT2D eigenvalue weighted by Gasteiger charge is -2.26. The van der Waals surface area contributed by atoms with Gasteiger partial charge in [-0.15, -0.1) is 0 Å². The molecule has 2 rings (SSSR count). The lowest BCUT2D eigenvalue weighted by molar-refractivity contribution is -0.0797. The number of halogens is 1. The van der Waals surface area contributed by atoms with Crippen LogP contribution in [0.5, 0.6) is 5.75 Å². The molecule has 0 atom stereocenters. The summed E-state index contributed by atoms with van der Waals surface area (Å²) in [5.74, 6) is 0.455. The average Bonchev–Trinajstić information content (AvgIpc) is 2.00. The highest BCUT2D eigenvalue weighted by Crippen LogP contribution is 2.15. The maximum absolute atomic E-state index is 12.4. The molecule has 0 amide bonds. The van der Waals surface area contributed by atoms with Crippen molar-refractivity contribution in [3.63, 3.8) is 0 Å². The number of ether oxygens (including phenoxy) is 2. The molecular formula is C9H9FO2. The molecule has 3 heteroatoms. The van der Waals surface area contributed by atoms with E-state index in [9.17, 15) is 4.39 Å². The summed E-state index contributed by atoms with van der Waals surface area (Å²) in [6.45, 7) is 1.27. The molecule has 64 valence electrons. The highest BCUT2D eigenvalue weighted by atomic mass is 19.1. The summed E-state index contributed by atoms with van der Waals surface area (Å²) in [5.41, 5.74) is 0. The van der Waals surface area contributed by atoms with Gasteiger partial charge in [0.2, 0.25) is 0 Å². The Morgan fingerprint density at radius 1 is 1.25 bits per heavy atom. The fourth-order valence-electron chi connectivity index (χ4n) is 0.988. The Morgan fingerprint density at radius 2 is 1.92 bits per heavy atom. The zero-order valence-electron chi connectivity index (χ0n) is 6.50. The first-order valence-electron chi connectivity index (χ1n) is 3.84. The second kappa shape index (κ2) is 3.11. The molecule has 0 unspecified atom stereocenters. The predicted molar refractivity (Wildman–Crippen MR) is 41.6 cm³/mol. The second-order valence-corrected chi connectivity index (χ2v) is 2.73. The molecule has 1 heterocycles. The first kappa shape index (κ1) is 7.55. The highest BCUT2D eigenvalue weighted by Gasteiger charge is 2.19. The largest absolute Gasteiger partial charge is 0.486 e. The Labute approximate surface area is 69.9 Å². The zero-order chi connectivity index (χ0) is 8.39. The summed E-state index contributed by atoms with van der Waals surface area (Å²) in [4.78, 5) is 0. The van der Waals surface area contributed by atoms with Gasteiger partial charge in [0.1, 0.15) is 17.7 Å². The third-order valence-corrected chi connectivity index (χ3v) is 1.72. The van der Waals surface area contributed by atoms with Crippen LogP contribution < -0.4 is 4.74 Å². The van der Waals surface area contributed by atoms with Gasteiger partial charge in [0.25, 0.3) is 0 Å². The molecule has 2 nitrogen and oxygen atoms in total. The van der Waals surface area contributed by atoms with E-state index in [0.717, 1.165) is 0 Å². The normalized spacial score (nSPS) is 17.1. The molecule has 0 bridgehead atoms. The van der Waals surface area contributed by atoms with Crippen molar-refractivity contribution >= 4 is 0 Å². The van der Waals surface area contributed by atoms with Gasteiger partial charge in [0.15, 0.2) is 0 Å². The molecule has 1 aromatic carbocycles. The summed E-state index contributed by atoms with van der Waals surface area (Å²) in [6.07, 6.45) is 0.149. The van der Waals surface area contributed by atoms with Crippen molar-refractivity contribution in [3.8, 4) is 5.75 Å². The summed E-state index contributed by atoms with van der Waals surface area (Å²) in [6, 6.07) is 6.00. The van der Waals surface area contributed by atoms with E-state index in [2.05, 4.69) is 0 Å². The first-order valence-corrected chi connectivity index (χ1v) is 3.84. The topological polar surface area (TPSA) is 18.5 Å². The fraction of sp³-hybridized carbons (Fsp3) is 0.333. The minimum absolute atomic E-state index is 0.149. The molecule has 1 fully saturated rings. The molecule has 0 spiro atoms. The summed E-state index contributed by atoms with van der Waals surface area (Å²) < 4.78 is 22.8. The van der Waals surface area contributed by atoms with Gasteiger partial charge in [-0.05, 0) is 24.3 Å². The monoisotopic (exact) mass is 168 g/mol. The summed E-state index contributed by atoms with van der Waals surface area (Å²) in [7, 11) is 0. The fourth-order valence-corrected chi connectivity index (χ4v) is 0.988.